The van der Waals surface area contributed by atoms with Crippen molar-refractivity contribution in [3.8, 4) is 0 Å². The van der Waals surface area contributed by atoms with Crippen molar-refractivity contribution in [3.63, 3.8) is 0 Å². The largest absolute Gasteiger partial charge is 0.294 e. The molecule has 0 aliphatic carbocycles. The summed E-state index contributed by atoms with van der Waals surface area (Å²) in [5.74, 6) is 0.234. The molecule has 1 aromatic rings. The van der Waals surface area contributed by atoms with Gasteiger partial charge in [0.25, 0.3) is 0 Å². The third-order valence-electron chi connectivity index (χ3n) is 2.06. The molecule has 0 fully saturated rings. The second-order valence-corrected chi connectivity index (χ2v) is 5.03. The number of carbonyl (C=O) groups is 1. The van der Waals surface area contributed by atoms with Crippen LogP contribution in [0.15, 0.2) is 24.3 Å². The van der Waals surface area contributed by atoms with E-state index in [0.29, 0.717) is 6.42 Å². The van der Waals surface area contributed by atoms with Gasteiger partial charge in [-0.15, -0.1) is 0 Å². The van der Waals surface area contributed by atoms with Crippen molar-refractivity contribution < 1.29 is 4.79 Å². The Morgan fingerprint density at radius 3 is 2.07 bits per heavy atom. The topological polar surface area (TPSA) is 17.1 Å². The fourth-order valence-corrected chi connectivity index (χ4v) is 1.32. The van der Waals surface area contributed by atoms with E-state index in [4.69, 9.17) is 0 Å². The van der Waals surface area contributed by atoms with Gasteiger partial charge >= 0.3 is 0 Å². The summed E-state index contributed by atoms with van der Waals surface area (Å²) < 4.78 is 0. The molecule has 0 aliphatic heterocycles. The Hall–Kier alpha value is -1.11. The predicted molar refractivity (Wildman–Crippen MR) is 59.6 cm³/mol. The van der Waals surface area contributed by atoms with Crippen LogP contribution in [0.1, 0.15) is 43.1 Å². The van der Waals surface area contributed by atoms with E-state index in [-0.39, 0.29) is 11.2 Å². The molecule has 1 nitrogen and oxygen atoms in total. The highest BCUT2D eigenvalue weighted by Gasteiger charge is 2.16. The molecule has 0 amide bonds. The summed E-state index contributed by atoms with van der Waals surface area (Å²) in [7, 11) is 0. The van der Waals surface area contributed by atoms with E-state index in [1.54, 1.807) is 0 Å². The van der Waals surface area contributed by atoms with Crippen molar-refractivity contribution in [3.05, 3.63) is 35.4 Å². The highest BCUT2D eigenvalue weighted by Crippen LogP contribution is 2.21. The number of hydrogen-bond donors (Lipinski definition) is 0. The summed E-state index contributed by atoms with van der Waals surface area (Å²) in [4.78, 5) is 11.8. The van der Waals surface area contributed by atoms with Crippen LogP contribution < -0.4 is 0 Å². The smallest absolute Gasteiger partial charge is 0.163 e. The van der Waals surface area contributed by atoms with Crippen molar-refractivity contribution in [1.82, 2.24) is 0 Å². The van der Waals surface area contributed by atoms with Crippen molar-refractivity contribution >= 4 is 5.78 Å². The van der Waals surface area contributed by atoms with Crippen LogP contribution in [0, 0.1) is 12.3 Å². The SMILES string of the molecule is Cc1ccc(C(=O)CC(C)(C)C)cc1. The minimum absolute atomic E-state index is 0.0714. The van der Waals surface area contributed by atoms with Gasteiger partial charge in [-0.25, -0.2) is 0 Å². The maximum absolute atomic E-state index is 11.8. The highest BCUT2D eigenvalue weighted by molar-refractivity contribution is 5.96. The van der Waals surface area contributed by atoms with Gasteiger partial charge in [-0.3, -0.25) is 4.79 Å². The standard InChI is InChI=1S/C13H18O/c1-10-5-7-11(8-6-10)12(14)9-13(2,3)4/h5-8H,9H2,1-4H3. The summed E-state index contributed by atoms with van der Waals surface area (Å²) in [5.41, 5.74) is 2.09. The van der Waals surface area contributed by atoms with Gasteiger partial charge in [0.1, 0.15) is 0 Å². The average molecular weight is 190 g/mol. The average Bonchev–Trinajstić information content (AvgIpc) is 2.02. The molecule has 14 heavy (non-hydrogen) atoms. The van der Waals surface area contributed by atoms with Gasteiger partial charge in [0.05, 0.1) is 0 Å². The molecule has 0 N–H and O–H groups in total. The number of ketones is 1. The molecule has 0 bridgehead atoms. The molecular weight excluding hydrogens is 172 g/mol. The van der Waals surface area contributed by atoms with E-state index in [0.717, 1.165) is 5.56 Å². The van der Waals surface area contributed by atoms with Crippen LogP contribution in [0.5, 0.6) is 0 Å². The Balaban J connectivity index is 2.76. The second-order valence-electron chi connectivity index (χ2n) is 5.03. The fraction of sp³-hybridized carbons (Fsp3) is 0.462. The second kappa shape index (κ2) is 3.95. The molecule has 0 aromatic heterocycles. The summed E-state index contributed by atoms with van der Waals surface area (Å²) >= 11 is 0. The van der Waals surface area contributed by atoms with Crippen molar-refractivity contribution in [2.24, 2.45) is 5.41 Å². The van der Waals surface area contributed by atoms with Gasteiger partial charge < -0.3 is 0 Å². The van der Waals surface area contributed by atoms with Crippen molar-refractivity contribution in [2.45, 2.75) is 34.1 Å². The Morgan fingerprint density at radius 2 is 1.64 bits per heavy atom. The lowest BCUT2D eigenvalue weighted by Crippen LogP contribution is -2.12. The van der Waals surface area contributed by atoms with E-state index < -0.39 is 0 Å². The number of aryl methyl sites for hydroxylation is 1. The van der Waals surface area contributed by atoms with Crippen molar-refractivity contribution in [1.29, 1.82) is 0 Å². The van der Waals surface area contributed by atoms with Crippen LogP contribution in [-0.4, -0.2) is 5.78 Å². The molecular formula is C13H18O. The predicted octanol–water partition coefficient (Wildman–Crippen LogP) is 3.61. The third kappa shape index (κ3) is 3.33. The molecule has 0 saturated heterocycles. The van der Waals surface area contributed by atoms with Crippen LogP contribution in [0.4, 0.5) is 0 Å². The Morgan fingerprint density at radius 1 is 1.14 bits per heavy atom. The fourth-order valence-electron chi connectivity index (χ4n) is 1.32. The third-order valence-corrected chi connectivity index (χ3v) is 2.06. The molecule has 0 atom stereocenters. The number of carbonyl (C=O) groups excluding carboxylic acids is 1. The summed E-state index contributed by atoms with van der Waals surface area (Å²) in [6, 6.07) is 7.78. The highest BCUT2D eigenvalue weighted by atomic mass is 16.1. The van der Waals surface area contributed by atoms with Gasteiger partial charge in [-0.1, -0.05) is 50.6 Å². The van der Waals surface area contributed by atoms with Crippen molar-refractivity contribution in [2.75, 3.05) is 0 Å². The first kappa shape index (κ1) is 11.0. The first-order chi connectivity index (χ1) is 6.38. The number of rotatable bonds is 2. The van der Waals surface area contributed by atoms with Crippen LogP contribution in [-0.2, 0) is 0 Å². The first-order valence-corrected chi connectivity index (χ1v) is 4.98. The number of Topliss-reactive ketones (excluding diaryl/α,β-unsaturated/α-hetero) is 1. The minimum Gasteiger partial charge on any atom is -0.294 e. The molecule has 1 heteroatoms. The maximum Gasteiger partial charge on any atom is 0.163 e. The molecule has 1 rings (SSSR count). The Kier molecular flexibility index (Phi) is 3.10. The molecule has 0 heterocycles. The summed E-state index contributed by atoms with van der Waals surface area (Å²) in [6.07, 6.45) is 0.607. The lowest BCUT2D eigenvalue weighted by Gasteiger charge is -2.16. The van der Waals surface area contributed by atoms with E-state index in [1.807, 2.05) is 31.2 Å². The van der Waals surface area contributed by atoms with Gasteiger partial charge in [0.15, 0.2) is 5.78 Å². The molecule has 0 saturated carbocycles. The van der Waals surface area contributed by atoms with Gasteiger partial charge in [0, 0.05) is 12.0 Å². The van der Waals surface area contributed by atoms with Crippen LogP contribution >= 0.6 is 0 Å². The first-order valence-electron chi connectivity index (χ1n) is 4.98. The zero-order valence-electron chi connectivity index (χ0n) is 9.42. The van der Waals surface area contributed by atoms with E-state index >= 15 is 0 Å². The normalized spacial score (nSPS) is 11.4. The molecule has 0 aliphatic rings. The van der Waals surface area contributed by atoms with Gasteiger partial charge in [-0.05, 0) is 12.3 Å². The van der Waals surface area contributed by atoms with E-state index in [1.165, 1.54) is 5.56 Å². The van der Waals surface area contributed by atoms with Gasteiger partial charge in [0.2, 0.25) is 0 Å². The molecule has 1 aromatic carbocycles. The minimum atomic E-state index is 0.0714. The Labute approximate surface area is 86.1 Å². The van der Waals surface area contributed by atoms with Gasteiger partial charge in [-0.2, -0.15) is 0 Å². The van der Waals surface area contributed by atoms with Crippen LogP contribution in [0.25, 0.3) is 0 Å². The monoisotopic (exact) mass is 190 g/mol. The van der Waals surface area contributed by atoms with E-state index in [2.05, 4.69) is 20.8 Å². The number of benzene rings is 1. The summed E-state index contributed by atoms with van der Waals surface area (Å²) in [6.45, 7) is 8.27. The molecule has 0 radical (unpaired) electrons. The Bertz CT molecular complexity index is 314. The van der Waals surface area contributed by atoms with E-state index in [9.17, 15) is 4.79 Å². The van der Waals surface area contributed by atoms with Crippen LogP contribution in [0.3, 0.4) is 0 Å². The molecule has 76 valence electrons. The molecule has 0 unspecified atom stereocenters. The van der Waals surface area contributed by atoms with Crippen LogP contribution in [0.2, 0.25) is 0 Å². The lowest BCUT2D eigenvalue weighted by atomic mass is 9.88. The lowest BCUT2D eigenvalue weighted by molar-refractivity contribution is 0.0940. The zero-order valence-corrected chi connectivity index (χ0v) is 9.42. The zero-order chi connectivity index (χ0) is 10.8. The summed E-state index contributed by atoms with van der Waals surface area (Å²) in [5, 5.41) is 0. The number of hydrogen-bond acceptors (Lipinski definition) is 1. The maximum atomic E-state index is 11.8. The molecule has 0 spiro atoms. The quantitative estimate of drug-likeness (QED) is 0.651.